The molecule has 6 heteroatoms. The molecule has 92 valence electrons. The highest BCUT2D eigenvalue weighted by Crippen LogP contribution is 2.35. The number of aromatic nitrogens is 1. The highest BCUT2D eigenvalue weighted by molar-refractivity contribution is 6.44. The lowest BCUT2D eigenvalue weighted by molar-refractivity contribution is 0.112. The average molecular weight is 321 g/mol. The zero-order chi connectivity index (χ0) is 13.3. The Morgan fingerprint density at radius 1 is 0.889 bits per heavy atom. The van der Waals surface area contributed by atoms with Gasteiger partial charge < -0.3 is 0 Å². The van der Waals surface area contributed by atoms with Crippen molar-refractivity contribution in [2.75, 3.05) is 0 Å². The summed E-state index contributed by atoms with van der Waals surface area (Å²) in [6.45, 7) is 0. The number of benzene rings is 1. The molecule has 0 aliphatic carbocycles. The van der Waals surface area contributed by atoms with Gasteiger partial charge in [-0.25, -0.2) is 0 Å². The molecular formula is C12H5Cl4NO. The predicted molar refractivity (Wildman–Crippen MR) is 75.1 cm³/mol. The predicted octanol–water partition coefficient (Wildman–Crippen LogP) is 5.17. The van der Waals surface area contributed by atoms with Gasteiger partial charge >= 0.3 is 0 Å². The van der Waals surface area contributed by atoms with Gasteiger partial charge in [-0.3, -0.25) is 9.78 Å². The van der Waals surface area contributed by atoms with Crippen molar-refractivity contribution in [3.8, 4) is 11.3 Å². The first-order chi connectivity index (χ1) is 8.52. The molecule has 0 radical (unpaired) electrons. The Morgan fingerprint density at radius 2 is 1.56 bits per heavy atom. The van der Waals surface area contributed by atoms with E-state index in [1.807, 2.05) is 0 Å². The van der Waals surface area contributed by atoms with Gasteiger partial charge in [0.05, 0.1) is 25.8 Å². The van der Waals surface area contributed by atoms with Crippen LogP contribution in [0.15, 0.2) is 24.4 Å². The molecule has 2 aromatic rings. The van der Waals surface area contributed by atoms with E-state index in [-0.39, 0.29) is 5.02 Å². The van der Waals surface area contributed by atoms with E-state index in [4.69, 9.17) is 46.4 Å². The van der Waals surface area contributed by atoms with Gasteiger partial charge in [0, 0.05) is 17.3 Å². The Labute approximate surface area is 123 Å². The summed E-state index contributed by atoms with van der Waals surface area (Å²) in [5.74, 6) is 0. The first-order valence-electron chi connectivity index (χ1n) is 4.78. The SMILES string of the molecule is O=Cc1cc(-c2cc(Cl)c(Cl)cc2Cl)ncc1Cl. The monoisotopic (exact) mass is 319 g/mol. The lowest BCUT2D eigenvalue weighted by atomic mass is 10.1. The molecule has 1 aromatic carbocycles. The van der Waals surface area contributed by atoms with Crippen LogP contribution in [0.3, 0.4) is 0 Å². The molecular weight excluding hydrogens is 316 g/mol. The largest absolute Gasteiger partial charge is 0.298 e. The normalized spacial score (nSPS) is 10.4. The third kappa shape index (κ3) is 2.62. The summed E-state index contributed by atoms with van der Waals surface area (Å²) in [6.07, 6.45) is 2.04. The molecule has 0 saturated carbocycles. The molecule has 0 amide bonds. The van der Waals surface area contributed by atoms with Crippen LogP contribution in [0.2, 0.25) is 20.1 Å². The third-order valence-electron chi connectivity index (χ3n) is 2.30. The quantitative estimate of drug-likeness (QED) is 0.564. The smallest absolute Gasteiger partial charge is 0.151 e. The van der Waals surface area contributed by atoms with Crippen LogP contribution in [0, 0.1) is 0 Å². The molecule has 0 aliphatic heterocycles. The molecule has 0 unspecified atom stereocenters. The number of hydrogen-bond donors (Lipinski definition) is 0. The van der Waals surface area contributed by atoms with Crippen LogP contribution < -0.4 is 0 Å². The van der Waals surface area contributed by atoms with Crippen LogP contribution in [-0.4, -0.2) is 11.3 Å². The third-order valence-corrected chi connectivity index (χ3v) is 3.65. The molecule has 1 aromatic heterocycles. The summed E-state index contributed by atoms with van der Waals surface area (Å²) < 4.78 is 0. The number of aldehydes is 1. The highest BCUT2D eigenvalue weighted by atomic mass is 35.5. The summed E-state index contributed by atoms with van der Waals surface area (Å²) >= 11 is 23.6. The van der Waals surface area contributed by atoms with Gasteiger partial charge in [0.2, 0.25) is 0 Å². The van der Waals surface area contributed by atoms with E-state index in [0.717, 1.165) is 0 Å². The minimum atomic E-state index is 0.282. The van der Waals surface area contributed by atoms with Crippen LogP contribution in [0.5, 0.6) is 0 Å². The standard InChI is InChI=1S/C12H5Cl4NO/c13-8-3-10(15)9(14)2-7(8)12-1-6(5-18)11(16)4-17-12/h1-5H. The van der Waals surface area contributed by atoms with Gasteiger partial charge in [-0.05, 0) is 18.2 Å². The Bertz CT molecular complexity index is 628. The zero-order valence-corrected chi connectivity index (χ0v) is 11.8. The first kappa shape index (κ1) is 13.6. The Morgan fingerprint density at radius 3 is 2.22 bits per heavy atom. The maximum absolute atomic E-state index is 10.8. The summed E-state index contributed by atoms with van der Waals surface area (Å²) in [4.78, 5) is 14.9. The number of pyridine rings is 1. The fraction of sp³-hybridized carbons (Fsp3) is 0. The van der Waals surface area contributed by atoms with Gasteiger partial charge in [-0.2, -0.15) is 0 Å². The van der Waals surface area contributed by atoms with E-state index < -0.39 is 0 Å². The van der Waals surface area contributed by atoms with E-state index >= 15 is 0 Å². The van der Waals surface area contributed by atoms with Gasteiger partial charge in [-0.1, -0.05) is 46.4 Å². The lowest BCUT2D eigenvalue weighted by Crippen LogP contribution is -1.90. The van der Waals surface area contributed by atoms with Crippen molar-refractivity contribution in [3.05, 3.63) is 50.0 Å². The second-order valence-electron chi connectivity index (χ2n) is 3.46. The molecule has 1 heterocycles. The lowest BCUT2D eigenvalue weighted by Gasteiger charge is -2.07. The van der Waals surface area contributed by atoms with Crippen molar-refractivity contribution in [2.45, 2.75) is 0 Å². The minimum Gasteiger partial charge on any atom is -0.298 e. The number of nitrogens with zero attached hydrogens (tertiary/aromatic N) is 1. The molecule has 0 atom stereocenters. The van der Waals surface area contributed by atoms with Crippen LogP contribution in [0.4, 0.5) is 0 Å². The van der Waals surface area contributed by atoms with Gasteiger partial charge in [-0.15, -0.1) is 0 Å². The topological polar surface area (TPSA) is 30.0 Å². The summed E-state index contributed by atoms with van der Waals surface area (Å²) in [5.41, 5.74) is 1.43. The van der Waals surface area contributed by atoms with Gasteiger partial charge in [0.25, 0.3) is 0 Å². The van der Waals surface area contributed by atoms with Crippen molar-refractivity contribution in [1.82, 2.24) is 4.98 Å². The number of carbonyl (C=O) groups is 1. The van der Waals surface area contributed by atoms with E-state index in [0.29, 0.717) is 38.2 Å². The molecule has 0 N–H and O–H groups in total. The molecule has 2 nitrogen and oxygen atoms in total. The Hall–Kier alpha value is -0.800. The highest BCUT2D eigenvalue weighted by Gasteiger charge is 2.11. The molecule has 2 rings (SSSR count). The molecule has 0 bridgehead atoms. The van der Waals surface area contributed by atoms with Crippen molar-refractivity contribution in [3.63, 3.8) is 0 Å². The molecule has 0 spiro atoms. The van der Waals surface area contributed by atoms with E-state index in [1.165, 1.54) is 12.3 Å². The van der Waals surface area contributed by atoms with Gasteiger partial charge in [0.15, 0.2) is 6.29 Å². The number of carbonyl (C=O) groups excluding carboxylic acids is 1. The van der Waals surface area contributed by atoms with Gasteiger partial charge in [0.1, 0.15) is 0 Å². The van der Waals surface area contributed by atoms with Crippen LogP contribution in [0.1, 0.15) is 10.4 Å². The van der Waals surface area contributed by atoms with E-state index in [2.05, 4.69) is 4.98 Å². The van der Waals surface area contributed by atoms with Crippen LogP contribution in [0.25, 0.3) is 11.3 Å². The minimum absolute atomic E-state index is 0.282. The van der Waals surface area contributed by atoms with Crippen molar-refractivity contribution in [1.29, 1.82) is 0 Å². The molecule has 0 aliphatic rings. The Kier molecular flexibility index (Phi) is 4.13. The average Bonchev–Trinajstić information content (AvgIpc) is 2.35. The second-order valence-corrected chi connectivity index (χ2v) is 5.08. The maximum atomic E-state index is 10.8. The summed E-state index contributed by atoms with van der Waals surface area (Å²) in [6, 6.07) is 4.66. The second kappa shape index (κ2) is 5.45. The number of hydrogen-bond acceptors (Lipinski definition) is 2. The number of halogens is 4. The molecule has 18 heavy (non-hydrogen) atoms. The molecule has 0 saturated heterocycles. The summed E-state index contributed by atoms with van der Waals surface area (Å²) in [5, 5.41) is 1.40. The first-order valence-corrected chi connectivity index (χ1v) is 6.29. The van der Waals surface area contributed by atoms with Crippen molar-refractivity contribution >= 4 is 52.7 Å². The number of rotatable bonds is 2. The zero-order valence-electron chi connectivity index (χ0n) is 8.75. The maximum Gasteiger partial charge on any atom is 0.151 e. The fourth-order valence-electron chi connectivity index (χ4n) is 1.41. The van der Waals surface area contributed by atoms with Crippen molar-refractivity contribution in [2.24, 2.45) is 0 Å². The van der Waals surface area contributed by atoms with Crippen LogP contribution >= 0.6 is 46.4 Å². The Balaban J connectivity index is 2.62. The van der Waals surface area contributed by atoms with E-state index in [1.54, 1.807) is 12.1 Å². The summed E-state index contributed by atoms with van der Waals surface area (Å²) in [7, 11) is 0. The van der Waals surface area contributed by atoms with Crippen molar-refractivity contribution < 1.29 is 4.79 Å². The van der Waals surface area contributed by atoms with E-state index in [9.17, 15) is 4.79 Å². The molecule has 0 fully saturated rings. The fourth-order valence-corrected chi connectivity index (χ4v) is 2.20. The van der Waals surface area contributed by atoms with Crippen LogP contribution in [-0.2, 0) is 0 Å².